The molecule has 120 valence electrons. The molecule has 0 aliphatic carbocycles. The summed E-state index contributed by atoms with van der Waals surface area (Å²) >= 11 is 5.97. The zero-order valence-corrected chi connectivity index (χ0v) is 12.8. The van der Waals surface area contributed by atoms with Crippen molar-refractivity contribution in [1.29, 1.82) is 0 Å². The minimum absolute atomic E-state index is 0.0138. The van der Waals surface area contributed by atoms with Gasteiger partial charge in [-0.2, -0.15) is 5.10 Å². The number of hydrogen-bond acceptors (Lipinski definition) is 5. The van der Waals surface area contributed by atoms with Gasteiger partial charge >= 0.3 is 5.97 Å². The standard InChI is InChI=1S/C15H10ClN5O3/c16-10-5-2-1-4-9(10)13(22)19-11-8-21(20-12(11)14(23)24)15-17-6-3-7-18-15/h1-8H,(H,19,22)(H,23,24). The van der Waals surface area contributed by atoms with E-state index in [1.54, 1.807) is 24.3 Å². The van der Waals surface area contributed by atoms with Gasteiger partial charge in [0.05, 0.1) is 22.5 Å². The largest absolute Gasteiger partial charge is 0.476 e. The third-order valence-corrected chi connectivity index (χ3v) is 3.37. The number of carboxylic acids is 1. The average Bonchev–Trinajstić information content (AvgIpc) is 3.00. The summed E-state index contributed by atoms with van der Waals surface area (Å²) in [6, 6.07) is 8.05. The number of anilines is 1. The molecule has 2 N–H and O–H groups in total. The minimum Gasteiger partial charge on any atom is -0.476 e. The number of benzene rings is 1. The van der Waals surface area contributed by atoms with Crippen molar-refractivity contribution in [1.82, 2.24) is 19.7 Å². The maximum Gasteiger partial charge on any atom is 0.358 e. The van der Waals surface area contributed by atoms with E-state index in [1.165, 1.54) is 29.3 Å². The number of nitrogens with zero attached hydrogens (tertiary/aromatic N) is 4. The molecule has 0 saturated carbocycles. The summed E-state index contributed by atoms with van der Waals surface area (Å²) in [5.41, 5.74) is -0.0954. The molecule has 2 heterocycles. The van der Waals surface area contributed by atoms with Gasteiger partial charge in [-0.15, -0.1) is 0 Å². The summed E-state index contributed by atoms with van der Waals surface area (Å²) in [6.07, 6.45) is 4.31. The lowest BCUT2D eigenvalue weighted by Gasteiger charge is -2.05. The highest BCUT2D eigenvalue weighted by Gasteiger charge is 2.20. The van der Waals surface area contributed by atoms with Gasteiger partial charge in [0.15, 0.2) is 5.69 Å². The van der Waals surface area contributed by atoms with Crippen molar-refractivity contribution in [2.45, 2.75) is 0 Å². The molecule has 0 spiro atoms. The molecular formula is C15H10ClN5O3. The van der Waals surface area contributed by atoms with Gasteiger partial charge in [0.2, 0.25) is 0 Å². The van der Waals surface area contributed by atoms with Gasteiger partial charge in [0, 0.05) is 12.4 Å². The Morgan fingerprint density at radius 2 is 1.83 bits per heavy atom. The Balaban J connectivity index is 1.96. The number of aromatic nitrogens is 4. The Hall–Kier alpha value is -3.26. The number of hydrogen-bond donors (Lipinski definition) is 2. The molecule has 0 atom stereocenters. The summed E-state index contributed by atoms with van der Waals surface area (Å²) < 4.78 is 1.17. The molecule has 2 aromatic heterocycles. The first-order valence-corrected chi connectivity index (χ1v) is 7.10. The second-order valence-electron chi connectivity index (χ2n) is 4.62. The van der Waals surface area contributed by atoms with E-state index in [9.17, 15) is 14.7 Å². The number of carboxylic acid groups (broad SMARTS) is 1. The van der Waals surface area contributed by atoms with E-state index in [4.69, 9.17) is 11.6 Å². The second kappa shape index (κ2) is 6.47. The van der Waals surface area contributed by atoms with Crippen LogP contribution >= 0.6 is 11.6 Å². The molecule has 0 aliphatic rings. The molecule has 0 fully saturated rings. The molecule has 0 bridgehead atoms. The molecule has 3 rings (SSSR count). The number of carbonyl (C=O) groups excluding carboxylic acids is 1. The maximum absolute atomic E-state index is 12.3. The Morgan fingerprint density at radius 3 is 2.50 bits per heavy atom. The van der Waals surface area contributed by atoms with Crippen molar-refractivity contribution in [3.05, 3.63) is 65.2 Å². The Labute approximate surface area is 140 Å². The van der Waals surface area contributed by atoms with Gasteiger partial charge in [-0.1, -0.05) is 23.7 Å². The summed E-state index contributed by atoms with van der Waals surface area (Å²) in [7, 11) is 0. The smallest absolute Gasteiger partial charge is 0.358 e. The van der Waals surface area contributed by atoms with Gasteiger partial charge < -0.3 is 10.4 Å². The monoisotopic (exact) mass is 343 g/mol. The van der Waals surface area contributed by atoms with Crippen LogP contribution in [0, 0.1) is 0 Å². The topological polar surface area (TPSA) is 110 Å². The lowest BCUT2D eigenvalue weighted by molar-refractivity contribution is 0.0691. The lowest BCUT2D eigenvalue weighted by Crippen LogP contribution is -2.14. The number of aromatic carboxylic acids is 1. The van der Waals surface area contributed by atoms with Crippen LogP contribution in [-0.4, -0.2) is 36.7 Å². The molecule has 0 saturated heterocycles. The number of halogens is 1. The molecule has 1 aromatic carbocycles. The number of carbonyl (C=O) groups is 2. The third-order valence-electron chi connectivity index (χ3n) is 3.04. The normalized spacial score (nSPS) is 10.4. The van der Waals surface area contributed by atoms with Crippen LogP contribution in [0.5, 0.6) is 0 Å². The maximum atomic E-state index is 12.3. The SMILES string of the molecule is O=C(Nc1cn(-c2ncccn2)nc1C(=O)O)c1ccccc1Cl. The highest BCUT2D eigenvalue weighted by atomic mass is 35.5. The van der Waals surface area contributed by atoms with Crippen molar-refractivity contribution < 1.29 is 14.7 Å². The van der Waals surface area contributed by atoms with E-state index in [1.807, 2.05) is 0 Å². The molecular weight excluding hydrogens is 334 g/mol. The fourth-order valence-electron chi connectivity index (χ4n) is 1.97. The zero-order chi connectivity index (χ0) is 17.1. The number of amides is 1. The minimum atomic E-state index is -1.29. The zero-order valence-electron chi connectivity index (χ0n) is 12.0. The molecule has 8 nitrogen and oxygen atoms in total. The van der Waals surface area contributed by atoms with E-state index >= 15 is 0 Å². The van der Waals surface area contributed by atoms with Gasteiger partial charge in [-0.25, -0.2) is 19.4 Å². The number of nitrogens with one attached hydrogen (secondary N) is 1. The fourth-order valence-corrected chi connectivity index (χ4v) is 2.19. The summed E-state index contributed by atoms with van der Waals surface area (Å²) in [6.45, 7) is 0. The van der Waals surface area contributed by atoms with Gasteiger partial charge in [0.1, 0.15) is 0 Å². The van der Waals surface area contributed by atoms with E-state index in [2.05, 4.69) is 20.4 Å². The predicted molar refractivity (Wildman–Crippen MR) is 85.5 cm³/mol. The van der Waals surface area contributed by atoms with Gasteiger partial charge in [-0.3, -0.25) is 4.79 Å². The van der Waals surface area contributed by atoms with Crippen molar-refractivity contribution >= 4 is 29.2 Å². The Bertz CT molecular complexity index is 910. The molecule has 9 heteroatoms. The van der Waals surface area contributed by atoms with Crippen molar-refractivity contribution in [2.75, 3.05) is 5.32 Å². The van der Waals surface area contributed by atoms with E-state index in [0.29, 0.717) is 0 Å². The Morgan fingerprint density at radius 1 is 1.12 bits per heavy atom. The van der Waals surface area contributed by atoms with Crippen LogP contribution in [0.25, 0.3) is 5.95 Å². The van der Waals surface area contributed by atoms with Crippen LogP contribution < -0.4 is 5.32 Å². The van der Waals surface area contributed by atoms with Crippen LogP contribution in [0.2, 0.25) is 5.02 Å². The Kier molecular flexibility index (Phi) is 4.21. The highest BCUT2D eigenvalue weighted by molar-refractivity contribution is 6.34. The molecule has 0 radical (unpaired) electrons. The number of rotatable bonds is 4. The molecule has 0 unspecified atom stereocenters. The van der Waals surface area contributed by atoms with Crippen LogP contribution in [0.1, 0.15) is 20.8 Å². The predicted octanol–water partition coefficient (Wildman–Crippen LogP) is 2.27. The molecule has 1 amide bonds. The van der Waals surface area contributed by atoms with Crippen LogP contribution in [0.4, 0.5) is 5.69 Å². The second-order valence-corrected chi connectivity index (χ2v) is 5.03. The van der Waals surface area contributed by atoms with Crippen molar-refractivity contribution in [3.63, 3.8) is 0 Å². The van der Waals surface area contributed by atoms with E-state index in [0.717, 1.165) is 0 Å². The quantitative estimate of drug-likeness (QED) is 0.752. The van der Waals surface area contributed by atoms with E-state index in [-0.39, 0.29) is 27.9 Å². The summed E-state index contributed by atoms with van der Waals surface area (Å²) in [4.78, 5) is 31.6. The summed E-state index contributed by atoms with van der Waals surface area (Å²) in [5, 5.41) is 15.9. The van der Waals surface area contributed by atoms with Crippen LogP contribution in [0.3, 0.4) is 0 Å². The van der Waals surface area contributed by atoms with Gasteiger partial charge in [-0.05, 0) is 18.2 Å². The first-order valence-electron chi connectivity index (χ1n) is 6.72. The van der Waals surface area contributed by atoms with Crippen LogP contribution in [0.15, 0.2) is 48.9 Å². The van der Waals surface area contributed by atoms with Crippen molar-refractivity contribution in [2.24, 2.45) is 0 Å². The molecule has 3 aromatic rings. The summed E-state index contributed by atoms with van der Waals surface area (Å²) in [5.74, 6) is -1.66. The first-order chi connectivity index (χ1) is 11.6. The lowest BCUT2D eigenvalue weighted by atomic mass is 10.2. The molecule has 0 aliphatic heterocycles. The fraction of sp³-hybridized carbons (Fsp3) is 0. The highest BCUT2D eigenvalue weighted by Crippen LogP contribution is 2.20. The average molecular weight is 344 g/mol. The van der Waals surface area contributed by atoms with Gasteiger partial charge in [0.25, 0.3) is 11.9 Å². The van der Waals surface area contributed by atoms with Crippen LogP contribution in [-0.2, 0) is 0 Å². The third kappa shape index (κ3) is 3.08. The first kappa shape index (κ1) is 15.6. The van der Waals surface area contributed by atoms with Crippen molar-refractivity contribution in [3.8, 4) is 5.95 Å². The molecule has 24 heavy (non-hydrogen) atoms. The van der Waals surface area contributed by atoms with E-state index < -0.39 is 11.9 Å².